The average molecular weight is 195 g/mol. The largest absolute Gasteiger partial charge is 0.356 e. The Balaban J connectivity index is 2.15. The van der Waals surface area contributed by atoms with Gasteiger partial charge in [0.2, 0.25) is 0 Å². The second-order valence-electron chi connectivity index (χ2n) is 3.29. The molecule has 2 rings (SSSR count). The molecule has 0 amide bonds. The molecule has 74 valence electrons. The molecule has 0 unspecified atom stereocenters. The maximum absolute atomic E-state index is 3.34. The van der Waals surface area contributed by atoms with Crippen LogP contribution in [0.5, 0.6) is 0 Å². The quantitative estimate of drug-likeness (QED) is 0.710. The molecule has 0 aromatic heterocycles. The summed E-state index contributed by atoms with van der Waals surface area (Å²) in [5, 5.41) is 3.34. The van der Waals surface area contributed by atoms with Crippen molar-refractivity contribution in [3.8, 4) is 0 Å². The third-order valence-corrected chi connectivity index (χ3v) is 2.09. The first-order valence-corrected chi connectivity index (χ1v) is 5.05. The number of benzene rings is 1. The van der Waals surface area contributed by atoms with Crippen LogP contribution in [0, 0.1) is 0 Å². The molecule has 1 nitrogen and oxygen atoms in total. The van der Waals surface area contributed by atoms with Crippen molar-refractivity contribution in [2.45, 2.75) is 6.42 Å². The van der Waals surface area contributed by atoms with E-state index in [1.807, 2.05) is 48.6 Å². The molecule has 0 radical (unpaired) electrons. The summed E-state index contributed by atoms with van der Waals surface area (Å²) in [7, 11) is 0. The molecule has 0 fully saturated rings. The van der Waals surface area contributed by atoms with Crippen LogP contribution in [0.2, 0.25) is 0 Å². The standard InChI is InChI=1S/C14H13N/c1-2-5-9-13(10-6-3-1)15-14-11-7-4-8-12-14/h1,4-12,15H,2H2. The van der Waals surface area contributed by atoms with E-state index in [1.54, 1.807) is 0 Å². The fourth-order valence-electron chi connectivity index (χ4n) is 1.36. The fourth-order valence-corrected chi connectivity index (χ4v) is 1.36. The molecule has 1 N–H and O–H groups in total. The summed E-state index contributed by atoms with van der Waals surface area (Å²) in [5.41, 5.74) is 5.27. The zero-order valence-electron chi connectivity index (χ0n) is 8.48. The summed E-state index contributed by atoms with van der Waals surface area (Å²) in [4.78, 5) is 0. The van der Waals surface area contributed by atoms with E-state index in [1.165, 1.54) is 0 Å². The number of anilines is 1. The van der Waals surface area contributed by atoms with Gasteiger partial charge in [0.05, 0.1) is 0 Å². The van der Waals surface area contributed by atoms with E-state index in [0.29, 0.717) is 0 Å². The molecule has 1 aliphatic rings. The summed E-state index contributed by atoms with van der Waals surface area (Å²) in [6.07, 6.45) is 11.1. The van der Waals surface area contributed by atoms with Gasteiger partial charge in [-0.25, -0.2) is 0 Å². The first kappa shape index (κ1) is 9.57. The zero-order valence-corrected chi connectivity index (χ0v) is 8.48. The van der Waals surface area contributed by atoms with Crippen molar-refractivity contribution in [2.24, 2.45) is 0 Å². The molecule has 1 aliphatic carbocycles. The van der Waals surface area contributed by atoms with Crippen molar-refractivity contribution >= 4 is 5.69 Å². The Kier molecular flexibility index (Phi) is 3.22. The molecule has 0 spiro atoms. The minimum atomic E-state index is 0.935. The van der Waals surface area contributed by atoms with Gasteiger partial charge in [0.15, 0.2) is 0 Å². The minimum absolute atomic E-state index is 0.935. The van der Waals surface area contributed by atoms with Gasteiger partial charge >= 0.3 is 0 Å². The summed E-state index contributed by atoms with van der Waals surface area (Å²) >= 11 is 0. The first-order valence-electron chi connectivity index (χ1n) is 5.05. The maximum Gasteiger partial charge on any atom is 0.0387 e. The van der Waals surface area contributed by atoms with E-state index in [0.717, 1.165) is 17.8 Å². The van der Waals surface area contributed by atoms with Crippen molar-refractivity contribution in [2.75, 3.05) is 5.32 Å². The van der Waals surface area contributed by atoms with Crippen LogP contribution in [0.3, 0.4) is 0 Å². The van der Waals surface area contributed by atoms with Crippen molar-refractivity contribution in [3.63, 3.8) is 0 Å². The highest BCUT2D eigenvalue weighted by Crippen LogP contribution is 2.10. The van der Waals surface area contributed by atoms with Crippen molar-refractivity contribution in [1.82, 2.24) is 0 Å². The van der Waals surface area contributed by atoms with Crippen molar-refractivity contribution in [3.05, 3.63) is 72.1 Å². The third kappa shape index (κ3) is 3.01. The monoisotopic (exact) mass is 195 g/mol. The molecule has 0 atom stereocenters. The number of hydrogen-bond acceptors (Lipinski definition) is 1. The first-order chi connectivity index (χ1) is 7.45. The lowest BCUT2D eigenvalue weighted by Crippen LogP contribution is -1.96. The van der Waals surface area contributed by atoms with Gasteiger partial charge in [-0.1, -0.05) is 24.3 Å². The lowest BCUT2D eigenvalue weighted by atomic mass is 10.2. The predicted octanol–water partition coefficient (Wildman–Crippen LogP) is 3.65. The second kappa shape index (κ2) is 5.04. The Labute approximate surface area is 90.1 Å². The van der Waals surface area contributed by atoms with E-state index < -0.39 is 0 Å². The molecule has 0 bridgehead atoms. The van der Waals surface area contributed by atoms with Crippen molar-refractivity contribution in [1.29, 1.82) is 0 Å². The Morgan fingerprint density at radius 3 is 2.87 bits per heavy atom. The predicted molar refractivity (Wildman–Crippen MR) is 64.6 cm³/mol. The second-order valence-corrected chi connectivity index (χ2v) is 3.29. The van der Waals surface area contributed by atoms with Crippen LogP contribution in [0.1, 0.15) is 6.42 Å². The topological polar surface area (TPSA) is 12.0 Å². The summed E-state index contributed by atoms with van der Waals surface area (Å²) < 4.78 is 0. The minimum Gasteiger partial charge on any atom is -0.356 e. The molecule has 1 aromatic carbocycles. The lowest BCUT2D eigenvalue weighted by molar-refractivity contribution is 1.36. The SMILES string of the molecule is C1=CC=C(Nc2ccccc2)C=CCC=1. The van der Waals surface area contributed by atoms with Gasteiger partial charge in [-0.05, 0) is 42.9 Å². The van der Waals surface area contributed by atoms with Gasteiger partial charge < -0.3 is 5.32 Å². The van der Waals surface area contributed by atoms with E-state index in [9.17, 15) is 0 Å². The smallest absolute Gasteiger partial charge is 0.0387 e. The van der Waals surface area contributed by atoms with E-state index >= 15 is 0 Å². The number of hydrogen-bond donors (Lipinski definition) is 1. The van der Waals surface area contributed by atoms with Crippen LogP contribution in [0.25, 0.3) is 0 Å². The van der Waals surface area contributed by atoms with Gasteiger partial charge in [0.1, 0.15) is 0 Å². The molecule has 0 heterocycles. The Hall–Kier alpha value is -1.98. The van der Waals surface area contributed by atoms with E-state index in [-0.39, 0.29) is 0 Å². The molecular weight excluding hydrogens is 182 g/mol. The highest BCUT2D eigenvalue weighted by atomic mass is 14.9. The average Bonchev–Trinajstić information content (AvgIpc) is 2.23. The Bertz CT molecular complexity index is 432. The van der Waals surface area contributed by atoms with Gasteiger partial charge in [-0.2, -0.15) is 0 Å². The van der Waals surface area contributed by atoms with Crippen LogP contribution in [0.15, 0.2) is 72.1 Å². The number of para-hydroxylation sites is 1. The maximum atomic E-state index is 3.34. The number of nitrogens with one attached hydrogen (secondary N) is 1. The third-order valence-electron chi connectivity index (χ3n) is 2.09. The van der Waals surface area contributed by atoms with Crippen LogP contribution >= 0.6 is 0 Å². The van der Waals surface area contributed by atoms with Gasteiger partial charge in [-0.15, -0.1) is 5.73 Å². The van der Waals surface area contributed by atoms with Crippen molar-refractivity contribution < 1.29 is 0 Å². The van der Waals surface area contributed by atoms with Gasteiger partial charge in [-0.3, -0.25) is 0 Å². The van der Waals surface area contributed by atoms with E-state index in [2.05, 4.69) is 23.2 Å². The van der Waals surface area contributed by atoms with Crippen LogP contribution in [-0.4, -0.2) is 0 Å². The molecule has 0 aliphatic heterocycles. The van der Waals surface area contributed by atoms with Crippen LogP contribution < -0.4 is 5.32 Å². The van der Waals surface area contributed by atoms with Crippen LogP contribution in [-0.2, 0) is 0 Å². The fraction of sp³-hybridized carbons (Fsp3) is 0.0714. The Morgan fingerprint density at radius 2 is 2.00 bits per heavy atom. The lowest BCUT2D eigenvalue weighted by Gasteiger charge is -2.06. The van der Waals surface area contributed by atoms with Gasteiger partial charge in [0, 0.05) is 11.4 Å². The summed E-state index contributed by atoms with van der Waals surface area (Å²) in [6, 6.07) is 10.1. The van der Waals surface area contributed by atoms with Gasteiger partial charge in [0.25, 0.3) is 0 Å². The number of rotatable bonds is 2. The molecule has 0 saturated carbocycles. The summed E-state index contributed by atoms with van der Waals surface area (Å²) in [6.45, 7) is 0. The van der Waals surface area contributed by atoms with Crippen LogP contribution in [0.4, 0.5) is 5.69 Å². The normalized spacial score (nSPS) is 14.3. The molecule has 1 heteroatoms. The summed E-state index contributed by atoms with van der Waals surface area (Å²) in [5.74, 6) is 0. The number of allylic oxidation sites excluding steroid dienone is 4. The Morgan fingerprint density at radius 1 is 1.13 bits per heavy atom. The highest BCUT2D eigenvalue weighted by Gasteiger charge is 1.92. The molecule has 1 aromatic rings. The molecular formula is C14H13N. The highest BCUT2D eigenvalue weighted by molar-refractivity contribution is 5.51. The zero-order chi connectivity index (χ0) is 10.3. The molecule has 0 saturated heterocycles. The molecule has 15 heavy (non-hydrogen) atoms. The van der Waals surface area contributed by atoms with E-state index in [4.69, 9.17) is 0 Å².